The number of hydrogen-bond acceptors (Lipinski definition) is 3. The summed E-state index contributed by atoms with van der Waals surface area (Å²) in [4.78, 5) is 3.95. The lowest BCUT2D eigenvalue weighted by Crippen LogP contribution is -2.32. The van der Waals surface area contributed by atoms with E-state index in [9.17, 15) is 0 Å². The van der Waals surface area contributed by atoms with Gasteiger partial charge in [-0.2, -0.15) is 0 Å². The van der Waals surface area contributed by atoms with Gasteiger partial charge in [0.05, 0.1) is 0 Å². The molecule has 0 radical (unpaired) electrons. The maximum absolute atomic E-state index is 3.55. The number of piperidine rings is 1. The van der Waals surface area contributed by atoms with Crippen molar-refractivity contribution in [3.8, 4) is 0 Å². The van der Waals surface area contributed by atoms with E-state index in [4.69, 9.17) is 0 Å². The van der Waals surface area contributed by atoms with Crippen LogP contribution in [0.5, 0.6) is 0 Å². The highest BCUT2D eigenvalue weighted by atomic mass is 32.2. The molecule has 0 atom stereocenters. The Bertz CT molecular complexity index is 344. The average Bonchev–Trinajstić information content (AvgIpc) is 2.49. The van der Waals surface area contributed by atoms with E-state index >= 15 is 0 Å². The van der Waals surface area contributed by atoms with Crippen LogP contribution in [0.4, 0.5) is 0 Å². The minimum Gasteiger partial charge on any atom is -0.313 e. The van der Waals surface area contributed by atoms with Crippen molar-refractivity contribution in [1.82, 2.24) is 10.2 Å². The zero-order valence-electron chi connectivity index (χ0n) is 12.0. The summed E-state index contributed by atoms with van der Waals surface area (Å²) in [6, 6.07) is 8.86. The second kappa shape index (κ2) is 8.62. The van der Waals surface area contributed by atoms with Gasteiger partial charge in [0, 0.05) is 11.4 Å². The summed E-state index contributed by atoms with van der Waals surface area (Å²) in [7, 11) is 0. The van der Waals surface area contributed by atoms with Crippen molar-refractivity contribution in [2.24, 2.45) is 0 Å². The molecule has 1 fully saturated rings. The number of rotatable bonds is 7. The highest BCUT2D eigenvalue weighted by Crippen LogP contribution is 2.14. The zero-order chi connectivity index (χ0) is 13.3. The van der Waals surface area contributed by atoms with Gasteiger partial charge in [0.25, 0.3) is 0 Å². The fourth-order valence-corrected chi connectivity index (χ4v) is 3.00. The van der Waals surface area contributed by atoms with Crippen molar-refractivity contribution < 1.29 is 0 Å². The Balaban J connectivity index is 1.55. The predicted octanol–water partition coefficient (Wildman–Crippen LogP) is 3.37. The standard InChI is InChI=1S/C16H26N2S/c1-19-16-8-6-15(7-9-16)14-17-10-5-13-18-11-3-2-4-12-18/h6-9,17H,2-5,10-14H2,1H3. The van der Waals surface area contributed by atoms with E-state index in [1.807, 2.05) is 0 Å². The lowest BCUT2D eigenvalue weighted by molar-refractivity contribution is 0.225. The molecule has 0 aromatic heterocycles. The van der Waals surface area contributed by atoms with Gasteiger partial charge in [-0.1, -0.05) is 18.6 Å². The van der Waals surface area contributed by atoms with Crippen LogP contribution in [0.2, 0.25) is 0 Å². The molecular weight excluding hydrogens is 252 g/mol. The molecule has 1 aliphatic heterocycles. The number of benzene rings is 1. The third-order valence-electron chi connectivity index (χ3n) is 3.76. The number of nitrogens with zero attached hydrogens (tertiary/aromatic N) is 1. The van der Waals surface area contributed by atoms with E-state index in [2.05, 4.69) is 40.7 Å². The number of likely N-dealkylation sites (tertiary alicyclic amines) is 1. The maximum Gasteiger partial charge on any atom is 0.0205 e. The first-order chi connectivity index (χ1) is 9.38. The second-order valence-electron chi connectivity index (χ2n) is 5.28. The fraction of sp³-hybridized carbons (Fsp3) is 0.625. The monoisotopic (exact) mass is 278 g/mol. The minimum absolute atomic E-state index is 0.995. The molecule has 0 amide bonds. The van der Waals surface area contributed by atoms with Crippen molar-refractivity contribution in [3.63, 3.8) is 0 Å². The molecule has 0 unspecified atom stereocenters. The molecule has 3 heteroatoms. The molecule has 0 saturated carbocycles. The summed E-state index contributed by atoms with van der Waals surface area (Å²) < 4.78 is 0. The van der Waals surface area contributed by atoms with Crippen molar-refractivity contribution in [2.75, 3.05) is 32.4 Å². The molecule has 106 valence electrons. The van der Waals surface area contributed by atoms with Gasteiger partial charge >= 0.3 is 0 Å². The Hall–Kier alpha value is -0.510. The molecule has 19 heavy (non-hydrogen) atoms. The van der Waals surface area contributed by atoms with Gasteiger partial charge in [-0.15, -0.1) is 11.8 Å². The van der Waals surface area contributed by atoms with Crippen LogP contribution in [-0.2, 0) is 6.54 Å². The first-order valence-electron chi connectivity index (χ1n) is 7.44. The van der Waals surface area contributed by atoms with Crippen LogP contribution in [0.1, 0.15) is 31.2 Å². The van der Waals surface area contributed by atoms with E-state index in [0.717, 1.165) is 13.1 Å². The van der Waals surface area contributed by atoms with Crippen LogP contribution in [0.25, 0.3) is 0 Å². The third kappa shape index (κ3) is 5.55. The van der Waals surface area contributed by atoms with E-state index < -0.39 is 0 Å². The molecule has 0 aliphatic carbocycles. The first-order valence-corrected chi connectivity index (χ1v) is 8.67. The molecule has 1 N–H and O–H groups in total. The lowest BCUT2D eigenvalue weighted by atomic mass is 10.1. The summed E-state index contributed by atoms with van der Waals surface area (Å²) in [5.41, 5.74) is 1.38. The number of thioether (sulfide) groups is 1. The van der Waals surface area contributed by atoms with Gasteiger partial charge in [0.15, 0.2) is 0 Å². The van der Waals surface area contributed by atoms with Gasteiger partial charge in [0.2, 0.25) is 0 Å². The Morgan fingerprint density at radius 3 is 2.53 bits per heavy atom. The van der Waals surface area contributed by atoms with Gasteiger partial charge < -0.3 is 10.2 Å². The summed E-state index contributed by atoms with van der Waals surface area (Å²) >= 11 is 1.80. The van der Waals surface area contributed by atoms with Crippen LogP contribution in [0, 0.1) is 0 Å². The maximum atomic E-state index is 3.55. The van der Waals surface area contributed by atoms with Crippen LogP contribution < -0.4 is 5.32 Å². The summed E-state index contributed by atoms with van der Waals surface area (Å²) in [5.74, 6) is 0. The molecule has 1 aromatic carbocycles. The van der Waals surface area contributed by atoms with Gasteiger partial charge in [0.1, 0.15) is 0 Å². The Morgan fingerprint density at radius 2 is 1.84 bits per heavy atom. The largest absolute Gasteiger partial charge is 0.313 e. The van der Waals surface area contributed by atoms with Crippen LogP contribution in [-0.4, -0.2) is 37.3 Å². The quantitative estimate of drug-likeness (QED) is 0.608. The SMILES string of the molecule is CSc1ccc(CNCCCN2CCCCC2)cc1. The average molecular weight is 278 g/mol. The van der Waals surface area contributed by atoms with Gasteiger partial charge in [-0.3, -0.25) is 0 Å². The topological polar surface area (TPSA) is 15.3 Å². The van der Waals surface area contributed by atoms with Crippen molar-refractivity contribution >= 4 is 11.8 Å². The normalized spacial score (nSPS) is 16.7. The second-order valence-corrected chi connectivity index (χ2v) is 6.16. The summed E-state index contributed by atoms with van der Waals surface area (Å²) in [6.45, 7) is 6.01. The van der Waals surface area contributed by atoms with Crippen molar-refractivity contribution in [1.29, 1.82) is 0 Å². The van der Waals surface area contributed by atoms with Crippen LogP contribution in [0.15, 0.2) is 29.2 Å². The third-order valence-corrected chi connectivity index (χ3v) is 4.51. The molecular formula is C16H26N2S. The molecule has 2 rings (SSSR count). The first kappa shape index (κ1) is 14.9. The van der Waals surface area contributed by atoms with Crippen molar-refractivity contribution in [2.45, 2.75) is 37.1 Å². The highest BCUT2D eigenvalue weighted by Gasteiger charge is 2.08. The van der Waals surface area contributed by atoms with E-state index in [1.54, 1.807) is 11.8 Å². The molecule has 1 saturated heterocycles. The molecule has 1 heterocycles. The van der Waals surface area contributed by atoms with Crippen LogP contribution in [0.3, 0.4) is 0 Å². The van der Waals surface area contributed by atoms with E-state index in [1.165, 1.54) is 55.8 Å². The lowest BCUT2D eigenvalue weighted by Gasteiger charge is -2.26. The van der Waals surface area contributed by atoms with Gasteiger partial charge in [-0.25, -0.2) is 0 Å². The van der Waals surface area contributed by atoms with E-state index in [0.29, 0.717) is 0 Å². The predicted molar refractivity (Wildman–Crippen MR) is 84.8 cm³/mol. The Kier molecular flexibility index (Phi) is 6.75. The molecule has 1 aromatic rings. The summed E-state index contributed by atoms with van der Waals surface area (Å²) in [5, 5.41) is 3.55. The summed E-state index contributed by atoms with van der Waals surface area (Å²) in [6.07, 6.45) is 7.61. The molecule has 0 bridgehead atoms. The minimum atomic E-state index is 0.995. The van der Waals surface area contributed by atoms with Crippen molar-refractivity contribution in [3.05, 3.63) is 29.8 Å². The molecule has 2 nitrogen and oxygen atoms in total. The highest BCUT2D eigenvalue weighted by molar-refractivity contribution is 7.98. The number of nitrogens with one attached hydrogen (secondary N) is 1. The smallest absolute Gasteiger partial charge is 0.0205 e. The Labute approximate surface area is 122 Å². The Morgan fingerprint density at radius 1 is 1.11 bits per heavy atom. The van der Waals surface area contributed by atoms with E-state index in [-0.39, 0.29) is 0 Å². The molecule has 1 aliphatic rings. The zero-order valence-corrected chi connectivity index (χ0v) is 12.8. The van der Waals surface area contributed by atoms with Gasteiger partial charge in [-0.05, 0) is 69.4 Å². The van der Waals surface area contributed by atoms with Crippen LogP contribution >= 0.6 is 11.8 Å². The molecule has 0 spiro atoms. The number of hydrogen-bond donors (Lipinski definition) is 1. The fourth-order valence-electron chi connectivity index (χ4n) is 2.59.